The molecule has 0 bridgehead atoms. The number of sulfonamides is 1. The van der Waals surface area contributed by atoms with Gasteiger partial charge in [0.1, 0.15) is 0 Å². The third-order valence-electron chi connectivity index (χ3n) is 2.41. The first-order valence-electron chi connectivity index (χ1n) is 5.56. The number of amides is 1. The van der Waals surface area contributed by atoms with Crippen molar-refractivity contribution in [2.45, 2.75) is 24.7 Å². The molecule has 0 atom stereocenters. The van der Waals surface area contributed by atoms with Crippen LogP contribution in [0.1, 0.15) is 30.1 Å². The smallest absolute Gasteiger partial charge is 0.253 e. The molecule has 6 nitrogen and oxygen atoms in total. The predicted octanol–water partition coefficient (Wildman–Crippen LogP) is 0.446. The van der Waals surface area contributed by atoms with Crippen LogP contribution in [-0.4, -0.2) is 20.9 Å². The van der Waals surface area contributed by atoms with Crippen molar-refractivity contribution in [3.05, 3.63) is 23.8 Å². The van der Waals surface area contributed by atoms with Gasteiger partial charge in [-0.25, -0.2) is 13.6 Å². The van der Waals surface area contributed by atoms with Gasteiger partial charge in [0.05, 0.1) is 10.5 Å². The van der Waals surface area contributed by atoms with E-state index in [0.29, 0.717) is 6.54 Å². The van der Waals surface area contributed by atoms with Crippen molar-refractivity contribution in [3.63, 3.8) is 0 Å². The third-order valence-corrected chi connectivity index (χ3v) is 3.32. The van der Waals surface area contributed by atoms with Crippen molar-refractivity contribution >= 4 is 21.6 Å². The summed E-state index contributed by atoms with van der Waals surface area (Å²) in [6, 6.07) is 3.81. The molecule has 0 saturated heterocycles. The second-order valence-corrected chi connectivity index (χ2v) is 5.46. The molecule has 0 saturated carbocycles. The van der Waals surface area contributed by atoms with Crippen molar-refractivity contribution in [2.75, 3.05) is 12.3 Å². The molecule has 0 heterocycles. The molecule has 0 spiro atoms. The number of nitrogen functional groups attached to an aromatic ring is 1. The molecule has 0 aromatic heterocycles. The summed E-state index contributed by atoms with van der Waals surface area (Å²) in [6.07, 6.45) is 1.80. The number of hydrogen-bond acceptors (Lipinski definition) is 4. The summed E-state index contributed by atoms with van der Waals surface area (Å²) in [7, 11) is -3.84. The largest absolute Gasteiger partial charge is 0.398 e. The minimum atomic E-state index is -3.84. The van der Waals surface area contributed by atoms with E-state index in [4.69, 9.17) is 10.9 Å². The molecule has 0 radical (unpaired) electrons. The summed E-state index contributed by atoms with van der Waals surface area (Å²) in [4.78, 5) is 11.7. The maximum atomic E-state index is 11.8. The van der Waals surface area contributed by atoms with Crippen molar-refractivity contribution in [1.29, 1.82) is 0 Å². The number of anilines is 1. The molecule has 0 aliphatic rings. The molecule has 1 aromatic carbocycles. The van der Waals surface area contributed by atoms with Gasteiger partial charge in [0.25, 0.3) is 5.91 Å². The molecule has 1 aromatic rings. The minimum absolute atomic E-state index is 0.123. The van der Waals surface area contributed by atoms with Gasteiger partial charge in [0.2, 0.25) is 10.0 Å². The summed E-state index contributed by atoms with van der Waals surface area (Å²) in [6.45, 7) is 2.52. The number of unbranched alkanes of at least 4 members (excludes halogenated alkanes) is 1. The maximum Gasteiger partial charge on any atom is 0.253 e. The number of primary sulfonamides is 1. The lowest BCUT2D eigenvalue weighted by molar-refractivity contribution is 0.0954. The Labute approximate surface area is 106 Å². The Hall–Kier alpha value is -1.60. The fourth-order valence-electron chi connectivity index (χ4n) is 1.38. The molecule has 0 unspecified atom stereocenters. The van der Waals surface area contributed by atoms with E-state index in [1.807, 2.05) is 6.92 Å². The predicted molar refractivity (Wildman–Crippen MR) is 69.5 cm³/mol. The van der Waals surface area contributed by atoms with Crippen LogP contribution in [-0.2, 0) is 10.0 Å². The SMILES string of the molecule is CCCCNC(=O)c1cc(S(N)(=O)=O)ccc1N. The molecule has 1 amide bonds. The standard InChI is InChI=1S/C11H17N3O3S/c1-2-3-6-14-11(15)9-7-8(18(13,16)17)4-5-10(9)12/h4-5,7H,2-3,6,12H2,1H3,(H,14,15)(H2,13,16,17). The van der Waals surface area contributed by atoms with E-state index in [1.54, 1.807) is 0 Å². The lowest BCUT2D eigenvalue weighted by Crippen LogP contribution is -2.25. The first-order chi connectivity index (χ1) is 8.36. The normalized spacial score (nSPS) is 11.2. The quantitative estimate of drug-likeness (QED) is 0.532. The number of carbonyl (C=O) groups excluding carboxylic acids is 1. The van der Waals surface area contributed by atoms with Crippen molar-refractivity contribution in [1.82, 2.24) is 5.32 Å². The van der Waals surface area contributed by atoms with Crippen LogP contribution in [0.3, 0.4) is 0 Å². The minimum Gasteiger partial charge on any atom is -0.398 e. The van der Waals surface area contributed by atoms with Gasteiger partial charge in [-0.05, 0) is 24.6 Å². The summed E-state index contributed by atoms with van der Waals surface area (Å²) in [5.74, 6) is -0.397. The van der Waals surface area contributed by atoms with Crippen LogP contribution in [0.2, 0.25) is 0 Å². The zero-order valence-electron chi connectivity index (χ0n) is 10.1. The zero-order chi connectivity index (χ0) is 13.8. The van der Waals surface area contributed by atoms with E-state index < -0.39 is 15.9 Å². The Morgan fingerprint density at radius 1 is 1.39 bits per heavy atom. The topological polar surface area (TPSA) is 115 Å². The molecular weight excluding hydrogens is 254 g/mol. The molecule has 100 valence electrons. The summed E-state index contributed by atoms with van der Waals surface area (Å²) in [5.41, 5.74) is 5.98. The fraction of sp³-hybridized carbons (Fsp3) is 0.364. The van der Waals surface area contributed by atoms with Crippen molar-refractivity contribution < 1.29 is 13.2 Å². The molecular formula is C11H17N3O3S. The second kappa shape index (κ2) is 5.83. The molecule has 0 aliphatic heterocycles. The van der Waals surface area contributed by atoms with Crippen LogP contribution in [0.5, 0.6) is 0 Å². The van der Waals surface area contributed by atoms with Gasteiger partial charge in [-0.1, -0.05) is 13.3 Å². The van der Waals surface area contributed by atoms with Gasteiger partial charge >= 0.3 is 0 Å². The number of nitrogens with two attached hydrogens (primary N) is 2. The third kappa shape index (κ3) is 3.71. The van der Waals surface area contributed by atoms with Crippen LogP contribution in [0.15, 0.2) is 23.1 Å². The monoisotopic (exact) mass is 271 g/mol. The van der Waals surface area contributed by atoms with Gasteiger partial charge in [-0.15, -0.1) is 0 Å². The Bertz CT molecular complexity index is 540. The van der Waals surface area contributed by atoms with E-state index in [2.05, 4.69) is 5.32 Å². The number of hydrogen-bond donors (Lipinski definition) is 3. The highest BCUT2D eigenvalue weighted by Gasteiger charge is 2.14. The van der Waals surface area contributed by atoms with Crippen molar-refractivity contribution in [2.24, 2.45) is 5.14 Å². The average Bonchev–Trinajstić information content (AvgIpc) is 2.28. The van der Waals surface area contributed by atoms with Gasteiger partial charge in [0, 0.05) is 12.2 Å². The number of nitrogens with one attached hydrogen (secondary N) is 1. The summed E-state index contributed by atoms with van der Waals surface area (Å²) in [5, 5.41) is 7.66. The van der Waals surface area contributed by atoms with Gasteiger partial charge in [-0.3, -0.25) is 4.79 Å². The zero-order valence-corrected chi connectivity index (χ0v) is 11.0. The van der Waals surface area contributed by atoms with E-state index in [1.165, 1.54) is 18.2 Å². The number of benzene rings is 1. The molecule has 0 fully saturated rings. The highest BCUT2D eigenvalue weighted by Crippen LogP contribution is 2.16. The summed E-state index contributed by atoms with van der Waals surface area (Å²) >= 11 is 0. The van der Waals surface area contributed by atoms with Crippen LogP contribution < -0.4 is 16.2 Å². The van der Waals surface area contributed by atoms with E-state index in [9.17, 15) is 13.2 Å². The molecule has 5 N–H and O–H groups in total. The first-order valence-corrected chi connectivity index (χ1v) is 7.11. The Morgan fingerprint density at radius 2 is 2.06 bits per heavy atom. The van der Waals surface area contributed by atoms with Gasteiger partial charge < -0.3 is 11.1 Å². The van der Waals surface area contributed by atoms with Crippen LogP contribution in [0.4, 0.5) is 5.69 Å². The molecule has 1 rings (SSSR count). The highest BCUT2D eigenvalue weighted by atomic mass is 32.2. The Balaban J connectivity index is 2.97. The first kappa shape index (κ1) is 14.5. The highest BCUT2D eigenvalue weighted by molar-refractivity contribution is 7.89. The molecule has 18 heavy (non-hydrogen) atoms. The second-order valence-electron chi connectivity index (χ2n) is 3.90. The lowest BCUT2D eigenvalue weighted by atomic mass is 10.1. The van der Waals surface area contributed by atoms with E-state index >= 15 is 0 Å². The average molecular weight is 271 g/mol. The van der Waals surface area contributed by atoms with Gasteiger partial charge in [-0.2, -0.15) is 0 Å². The number of carbonyl (C=O) groups is 1. The maximum absolute atomic E-state index is 11.8. The molecule has 7 heteroatoms. The van der Waals surface area contributed by atoms with Crippen LogP contribution >= 0.6 is 0 Å². The Kier molecular flexibility index (Phi) is 4.69. The van der Waals surface area contributed by atoms with Crippen LogP contribution in [0.25, 0.3) is 0 Å². The fourth-order valence-corrected chi connectivity index (χ4v) is 1.92. The van der Waals surface area contributed by atoms with Crippen molar-refractivity contribution in [3.8, 4) is 0 Å². The van der Waals surface area contributed by atoms with Crippen LogP contribution in [0, 0.1) is 0 Å². The molecule has 0 aliphatic carbocycles. The van der Waals surface area contributed by atoms with E-state index in [0.717, 1.165) is 12.8 Å². The summed E-state index contributed by atoms with van der Waals surface area (Å²) < 4.78 is 22.4. The Morgan fingerprint density at radius 3 is 2.61 bits per heavy atom. The lowest BCUT2D eigenvalue weighted by Gasteiger charge is -2.08. The van der Waals surface area contributed by atoms with Gasteiger partial charge in [0.15, 0.2) is 0 Å². The number of rotatable bonds is 5. The van der Waals surface area contributed by atoms with E-state index in [-0.39, 0.29) is 16.1 Å².